The maximum absolute atomic E-state index is 13.1. The molecule has 7 heteroatoms. The Morgan fingerprint density at radius 3 is 2.64 bits per heavy atom. The van der Waals surface area contributed by atoms with E-state index < -0.39 is 11.4 Å². The SMILES string of the molecule is CC(=O)NCC1CCC2(c3ccc(CCC(C)(C)C)c(Cl)c3)CC(=O)N(CCC(=O)O)C=C12. The van der Waals surface area contributed by atoms with Crippen LogP contribution in [-0.4, -0.2) is 40.9 Å². The zero-order chi connectivity index (χ0) is 24.4. The molecule has 3 rings (SSSR count). The summed E-state index contributed by atoms with van der Waals surface area (Å²) in [5, 5.41) is 12.7. The topological polar surface area (TPSA) is 86.7 Å². The van der Waals surface area contributed by atoms with Gasteiger partial charge in [-0.3, -0.25) is 14.4 Å². The lowest BCUT2D eigenvalue weighted by atomic mass is 9.70. The molecule has 1 aromatic rings. The van der Waals surface area contributed by atoms with E-state index in [1.165, 1.54) is 11.8 Å². The minimum absolute atomic E-state index is 0.0758. The van der Waals surface area contributed by atoms with E-state index in [0.29, 0.717) is 6.54 Å². The molecule has 6 nitrogen and oxygen atoms in total. The lowest BCUT2D eigenvalue weighted by Crippen LogP contribution is -2.42. The van der Waals surface area contributed by atoms with Gasteiger partial charge in [-0.25, -0.2) is 0 Å². The monoisotopic (exact) mass is 474 g/mol. The van der Waals surface area contributed by atoms with Gasteiger partial charge in [0, 0.05) is 43.1 Å². The van der Waals surface area contributed by atoms with Crippen molar-refractivity contribution < 1.29 is 19.5 Å². The van der Waals surface area contributed by atoms with Gasteiger partial charge in [0.2, 0.25) is 11.8 Å². The average Bonchev–Trinajstić information content (AvgIpc) is 3.07. The molecule has 1 aromatic carbocycles. The number of amides is 2. The highest BCUT2D eigenvalue weighted by molar-refractivity contribution is 6.31. The molecule has 1 fully saturated rings. The molecule has 0 radical (unpaired) electrons. The second kappa shape index (κ2) is 9.88. The number of rotatable bonds is 8. The van der Waals surface area contributed by atoms with Crippen molar-refractivity contribution in [2.45, 2.75) is 71.6 Å². The van der Waals surface area contributed by atoms with Crippen LogP contribution in [0.5, 0.6) is 0 Å². The third-order valence-corrected chi connectivity index (χ3v) is 7.25. The Balaban J connectivity index is 1.95. The zero-order valence-electron chi connectivity index (χ0n) is 20.0. The third kappa shape index (κ3) is 5.97. The summed E-state index contributed by atoms with van der Waals surface area (Å²) < 4.78 is 0. The fourth-order valence-electron chi connectivity index (χ4n) is 4.98. The molecule has 2 unspecified atom stereocenters. The van der Waals surface area contributed by atoms with Crippen molar-refractivity contribution in [2.75, 3.05) is 13.1 Å². The van der Waals surface area contributed by atoms with Gasteiger partial charge in [0.25, 0.3) is 0 Å². The molecule has 0 bridgehead atoms. The van der Waals surface area contributed by atoms with Gasteiger partial charge < -0.3 is 15.3 Å². The molecule has 33 heavy (non-hydrogen) atoms. The number of fused-ring (bicyclic) bond motifs is 1. The Hall–Kier alpha value is -2.34. The van der Waals surface area contributed by atoms with Crippen molar-refractivity contribution in [1.82, 2.24) is 10.2 Å². The molecule has 1 saturated carbocycles. The van der Waals surface area contributed by atoms with Crippen LogP contribution in [0, 0.1) is 11.3 Å². The van der Waals surface area contributed by atoms with E-state index in [1.54, 1.807) is 0 Å². The molecule has 0 spiro atoms. The summed E-state index contributed by atoms with van der Waals surface area (Å²) in [6, 6.07) is 6.19. The minimum Gasteiger partial charge on any atom is -0.481 e. The minimum atomic E-state index is -0.933. The van der Waals surface area contributed by atoms with Crippen LogP contribution in [0.25, 0.3) is 0 Å². The first-order valence-electron chi connectivity index (χ1n) is 11.7. The number of carbonyl (C=O) groups excluding carboxylic acids is 2. The number of nitrogens with one attached hydrogen (secondary N) is 1. The maximum Gasteiger partial charge on any atom is 0.305 e. The number of carboxylic acid groups (broad SMARTS) is 1. The normalized spacial score (nSPS) is 22.7. The van der Waals surface area contributed by atoms with E-state index in [9.17, 15) is 14.4 Å². The second-order valence-corrected chi connectivity index (χ2v) is 11.0. The summed E-state index contributed by atoms with van der Waals surface area (Å²) in [7, 11) is 0. The van der Waals surface area contributed by atoms with Gasteiger partial charge in [0.15, 0.2) is 0 Å². The van der Waals surface area contributed by atoms with Crippen molar-refractivity contribution in [2.24, 2.45) is 11.3 Å². The summed E-state index contributed by atoms with van der Waals surface area (Å²) in [5.74, 6) is -1.01. The number of benzene rings is 1. The summed E-state index contributed by atoms with van der Waals surface area (Å²) >= 11 is 6.72. The Kier molecular flexibility index (Phi) is 7.57. The van der Waals surface area contributed by atoms with Crippen LogP contribution in [0.3, 0.4) is 0 Å². The van der Waals surface area contributed by atoms with Crippen molar-refractivity contribution in [3.63, 3.8) is 0 Å². The summed E-state index contributed by atoms with van der Waals surface area (Å²) in [4.78, 5) is 37.2. The quantitative estimate of drug-likeness (QED) is 0.572. The molecule has 1 aliphatic carbocycles. The number of halogens is 1. The molecule has 2 amide bonds. The van der Waals surface area contributed by atoms with Crippen molar-refractivity contribution >= 4 is 29.4 Å². The third-order valence-electron chi connectivity index (χ3n) is 6.89. The van der Waals surface area contributed by atoms with Crippen LogP contribution in [-0.2, 0) is 26.2 Å². The van der Waals surface area contributed by atoms with Gasteiger partial charge in [0.1, 0.15) is 0 Å². The molecule has 2 atom stereocenters. The molecule has 0 saturated heterocycles. The number of hydrogen-bond donors (Lipinski definition) is 2. The highest BCUT2D eigenvalue weighted by Gasteiger charge is 2.49. The van der Waals surface area contributed by atoms with E-state index in [-0.39, 0.29) is 42.5 Å². The summed E-state index contributed by atoms with van der Waals surface area (Å²) in [5.41, 5.74) is 2.96. The fourth-order valence-corrected chi connectivity index (χ4v) is 5.26. The van der Waals surface area contributed by atoms with E-state index >= 15 is 0 Å². The predicted octanol–water partition coefficient (Wildman–Crippen LogP) is 4.69. The van der Waals surface area contributed by atoms with Crippen LogP contribution in [0.4, 0.5) is 0 Å². The Morgan fingerprint density at radius 1 is 1.30 bits per heavy atom. The van der Waals surface area contributed by atoms with Gasteiger partial charge in [-0.15, -0.1) is 0 Å². The van der Waals surface area contributed by atoms with Crippen LogP contribution in [0.2, 0.25) is 5.02 Å². The van der Waals surface area contributed by atoms with Gasteiger partial charge in [-0.05, 0) is 59.8 Å². The van der Waals surface area contributed by atoms with Gasteiger partial charge in [-0.2, -0.15) is 0 Å². The van der Waals surface area contributed by atoms with Crippen LogP contribution in [0.15, 0.2) is 30.0 Å². The summed E-state index contributed by atoms with van der Waals surface area (Å²) in [6.45, 7) is 8.78. The van der Waals surface area contributed by atoms with Crippen LogP contribution in [0.1, 0.15) is 70.9 Å². The number of aliphatic carboxylic acids is 1. The van der Waals surface area contributed by atoms with Crippen molar-refractivity contribution in [3.8, 4) is 0 Å². The standard InChI is InChI=1S/C26H35ClN2O4/c1-17(30)28-15-19-8-11-26(14-23(31)29(16-21(19)26)12-9-24(32)33)20-6-5-18(22(27)13-20)7-10-25(2,3)4/h5-6,13,16,19H,7-12,14-15H2,1-4H3,(H,28,30)(H,32,33). The molecular weight excluding hydrogens is 440 g/mol. The zero-order valence-corrected chi connectivity index (χ0v) is 20.8. The van der Waals surface area contributed by atoms with Gasteiger partial charge in [0.05, 0.1) is 6.42 Å². The van der Waals surface area contributed by atoms with Crippen LogP contribution < -0.4 is 5.32 Å². The molecular formula is C26H35ClN2O4. The van der Waals surface area contributed by atoms with E-state index in [1.807, 2.05) is 12.3 Å². The van der Waals surface area contributed by atoms with Crippen molar-refractivity contribution in [1.29, 1.82) is 0 Å². The first-order valence-corrected chi connectivity index (χ1v) is 12.1. The Morgan fingerprint density at radius 2 is 2.03 bits per heavy atom. The number of carboxylic acids is 1. The number of aryl methyl sites for hydroxylation is 1. The Labute approximate surface area is 201 Å². The molecule has 1 heterocycles. The smallest absolute Gasteiger partial charge is 0.305 e. The number of carbonyl (C=O) groups is 3. The first kappa shape index (κ1) is 25.3. The van der Waals surface area contributed by atoms with Crippen LogP contribution >= 0.6 is 11.6 Å². The second-order valence-electron chi connectivity index (χ2n) is 10.6. The predicted molar refractivity (Wildman–Crippen MR) is 129 cm³/mol. The van der Waals surface area contributed by atoms with E-state index in [4.69, 9.17) is 16.7 Å². The number of hydrogen-bond acceptors (Lipinski definition) is 3. The average molecular weight is 475 g/mol. The largest absolute Gasteiger partial charge is 0.481 e. The molecule has 1 aliphatic heterocycles. The first-order chi connectivity index (χ1) is 15.4. The number of nitrogens with zero attached hydrogens (tertiary/aromatic N) is 1. The summed E-state index contributed by atoms with van der Waals surface area (Å²) in [6.07, 6.45) is 5.58. The molecule has 2 N–H and O–H groups in total. The molecule has 0 aromatic heterocycles. The van der Waals surface area contributed by atoms with Gasteiger partial charge in [-0.1, -0.05) is 44.5 Å². The van der Waals surface area contributed by atoms with Gasteiger partial charge >= 0.3 is 5.97 Å². The molecule has 2 aliphatic rings. The highest BCUT2D eigenvalue weighted by Crippen LogP contribution is 2.53. The maximum atomic E-state index is 13.1. The highest BCUT2D eigenvalue weighted by atomic mass is 35.5. The lowest BCUT2D eigenvalue weighted by molar-refractivity contribution is -0.138. The Bertz CT molecular complexity index is 966. The van der Waals surface area contributed by atoms with Crippen molar-refractivity contribution in [3.05, 3.63) is 46.1 Å². The lowest BCUT2D eigenvalue weighted by Gasteiger charge is -2.39. The molecule has 180 valence electrons. The fraction of sp³-hybridized carbons (Fsp3) is 0.577. The van der Waals surface area contributed by atoms with E-state index in [2.05, 4.69) is 38.2 Å². The van der Waals surface area contributed by atoms with E-state index in [0.717, 1.165) is 47.4 Å².